The van der Waals surface area contributed by atoms with Gasteiger partial charge in [0, 0.05) is 31.9 Å². The van der Waals surface area contributed by atoms with Crippen molar-refractivity contribution in [2.45, 2.75) is 25.6 Å². The number of nitrogens with two attached hydrogens (primary N) is 1. The lowest BCUT2D eigenvalue weighted by Gasteiger charge is -2.37. The molecule has 0 radical (unpaired) electrons. The van der Waals surface area contributed by atoms with E-state index in [-0.39, 0.29) is 6.10 Å². The topological polar surface area (TPSA) is 51.4 Å². The van der Waals surface area contributed by atoms with E-state index in [2.05, 4.69) is 22.9 Å². The Hall–Kier alpha value is -0.970. The van der Waals surface area contributed by atoms with Crippen LogP contribution < -0.4 is 5.73 Å². The van der Waals surface area contributed by atoms with Crippen LogP contribution in [0.25, 0.3) is 0 Å². The minimum Gasteiger partial charge on any atom is -0.374 e. The van der Waals surface area contributed by atoms with Crippen molar-refractivity contribution in [2.75, 3.05) is 19.7 Å². The van der Waals surface area contributed by atoms with E-state index in [1.807, 2.05) is 18.3 Å². The maximum Gasteiger partial charge on any atom is 0.0824 e. The van der Waals surface area contributed by atoms with Crippen LogP contribution in [-0.4, -0.2) is 41.7 Å². The van der Waals surface area contributed by atoms with Gasteiger partial charge in [0.25, 0.3) is 0 Å². The van der Waals surface area contributed by atoms with E-state index in [0.717, 1.165) is 25.4 Å². The number of aromatic nitrogens is 1. The molecule has 0 spiro atoms. The number of hydrogen-bond donors (Lipinski definition) is 1. The van der Waals surface area contributed by atoms with Crippen molar-refractivity contribution in [3.05, 3.63) is 30.1 Å². The average molecular weight is 221 g/mol. The Morgan fingerprint density at radius 1 is 1.56 bits per heavy atom. The molecule has 2 rings (SSSR count). The zero-order chi connectivity index (χ0) is 11.4. The highest BCUT2D eigenvalue weighted by Gasteiger charge is 2.25. The van der Waals surface area contributed by atoms with Gasteiger partial charge in [-0.25, -0.2) is 0 Å². The van der Waals surface area contributed by atoms with Crippen molar-refractivity contribution in [1.29, 1.82) is 0 Å². The quantitative estimate of drug-likeness (QED) is 0.813. The maximum absolute atomic E-state index is 5.64. The average Bonchev–Trinajstić information content (AvgIpc) is 2.33. The summed E-state index contributed by atoms with van der Waals surface area (Å²) in [6.45, 7) is 5.30. The van der Waals surface area contributed by atoms with E-state index in [9.17, 15) is 0 Å². The molecule has 2 heterocycles. The van der Waals surface area contributed by atoms with Crippen molar-refractivity contribution in [1.82, 2.24) is 9.88 Å². The Morgan fingerprint density at radius 3 is 3.12 bits per heavy atom. The highest BCUT2D eigenvalue weighted by Crippen LogP contribution is 2.13. The third-order valence-corrected chi connectivity index (χ3v) is 2.99. The molecule has 2 unspecified atom stereocenters. The fraction of sp³-hybridized carbons (Fsp3) is 0.583. The molecule has 1 aromatic rings. The summed E-state index contributed by atoms with van der Waals surface area (Å²) in [4.78, 5) is 6.72. The summed E-state index contributed by atoms with van der Waals surface area (Å²) in [5, 5.41) is 0. The lowest BCUT2D eigenvalue weighted by molar-refractivity contribution is -0.0571. The van der Waals surface area contributed by atoms with Crippen LogP contribution in [-0.2, 0) is 11.3 Å². The van der Waals surface area contributed by atoms with Gasteiger partial charge in [-0.05, 0) is 19.1 Å². The summed E-state index contributed by atoms with van der Waals surface area (Å²) >= 11 is 0. The smallest absolute Gasteiger partial charge is 0.0824 e. The second kappa shape index (κ2) is 5.39. The highest BCUT2D eigenvalue weighted by atomic mass is 16.5. The van der Waals surface area contributed by atoms with Gasteiger partial charge in [0.2, 0.25) is 0 Å². The summed E-state index contributed by atoms with van der Waals surface area (Å²) < 4.78 is 5.62. The van der Waals surface area contributed by atoms with Gasteiger partial charge in [-0.3, -0.25) is 9.88 Å². The van der Waals surface area contributed by atoms with E-state index in [0.29, 0.717) is 12.6 Å². The Balaban J connectivity index is 1.97. The first-order valence-electron chi connectivity index (χ1n) is 5.75. The minimum absolute atomic E-state index is 0.167. The summed E-state index contributed by atoms with van der Waals surface area (Å²) in [6, 6.07) is 6.45. The first-order chi connectivity index (χ1) is 7.79. The van der Waals surface area contributed by atoms with Gasteiger partial charge < -0.3 is 10.5 Å². The van der Waals surface area contributed by atoms with Gasteiger partial charge >= 0.3 is 0 Å². The fourth-order valence-corrected chi connectivity index (χ4v) is 1.94. The second-order valence-corrected chi connectivity index (χ2v) is 4.29. The molecular weight excluding hydrogens is 202 g/mol. The largest absolute Gasteiger partial charge is 0.374 e. The van der Waals surface area contributed by atoms with Crippen LogP contribution >= 0.6 is 0 Å². The number of hydrogen-bond acceptors (Lipinski definition) is 4. The van der Waals surface area contributed by atoms with Crippen molar-refractivity contribution in [2.24, 2.45) is 5.73 Å². The zero-order valence-electron chi connectivity index (χ0n) is 9.67. The molecule has 2 atom stereocenters. The van der Waals surface area contributed by atoms with Crippen molar-refractivity contribution < 1.29 is 4.74 Å². The van der Waals surface area contributed by atoms with Gasteiger partial charge in [-0.1, -0.05) is 6.07 Å². The fourth-order valence-electron chi connectivity index (χ4n) is 1.94. The molecule has 0 aromatic carbocycles. The molecule has 0 saturated carbocycles. The Bertz CT molecular complexity index is 317. The van der Waals surface area contributed by atoms with Gasteiger partial charge in [0.1, 0.15) is 0 Å². The molecule has 0 bridgehead atoms. The molecule has 1 aliphatic heterocycles. The molecule has 1 saturated heterocycles. The van der Waals surface area contributed by atoms with Crippen LogP contribution in [0.1, 0.15) is 12.6 Å². The van der Waals surface area contributed by atoms with Gasteiger partial charge in [0.15, 0.2) is 0 Å². The Labute approximate surface area is 96.4 Å². The van der Waals surface area contributed by atoms with E-state index < -0.39 is 0 Å². The van der Waals surface area contributed by atoms with Gasteiger partial charge in [-0.2, -0.15) is 0 Å². The summed E-state index contributed by atoms with van der Waals surface area (Å²) in [5.41, 5.74) is 6.74. The van der Waals surface area contributed by atoms with Crippen LogP contribution in [0.15, 0.2) is 24.4 Å². The van der Waals surface area contributed by atoms with Crippen molar-refractivity contribution in [3.8, 4) is 0 Å². The highest BCUT2D eigenvalue weighted by molar-refractivity contribution is 5.03. The first kappa shape index (κ1) is 11.5. The predicted octanol–water partition coefficient (Wildman–Crippen LogP) is 0.630. The molecule has 0 amide bonds. The number of morpholine rings is 1. The number of nitrogens with zero attached hydrogens (tertiary/aromatic N) is 2. The predicted molar refractivity (Wildman–Crippen MR) is 62.9 cm³/mol. The SMILES string of the molecule is CC1COC(CN)CN1Cc1ccccn1. The third-order valence-electron chi connectivity index (χ3n) is 2.99. The molecule has 1 aliphatic rings. The lowest BCUT2D eigenvalue weighted by atomic mass is 10.2. The van der Waals surface area contributed by atoms with E-state index in [1.54, 1.807) is 0 Å². The molecule has 4 nitrogen and oxygen atoms in total. The standard InChI is InChI=1S/C12H19N3O/c1-10-9-16-12(6-13)8-15(10)7-11-4-2-3-5-14-11/h2-5,10,12H,6-9,13H2,1H3. The molecule has 16 heavy (non-hydrogen) atoms. The van der Waals surface area contributed by atoms with Crippen LogP contribution in [0.5, 0.6) is 0 Å². The first-order valence-corrected chi connectivity index (χ1v) is 5.75. The van der Waals surface area contributed by atoms with Crippen LogP contribution in [0.3, 0.4) is 0 Å². The molecule has 2 N–H and O–H groups in total. The normalized spacial score (nSPS) is 26.9. The van der Waals surface area contributed by atoms with Crippen molar-refractivity contribution >= 4 is 0 Å². The van der Waals surface area contributed by atoms with Crippen LogP contribution in [0.4, 0.5) is 0 Å². The minimum atomic E-state index is 0.167. The number of pyridine rings is 1. The molecule has 4 heteroatoms. The maximum atomic E-state index is 5.64. The van der Waals surface area contributed by atoms with E-state index in [4.69, 9.17) is 10.5 Å². The second-order valence-electron chi connectivity index (χ2n) is 4.29. The zero-order valence-corrected chi connectivity index (χ0v) is 9.67. The molecular formula is C12H19N3O. The summed E-state index contributed by atoms with van der Waals surface area (Å²) in [7, 11) is 0. The Kier molecular flexibility index (Phi) is 3.88. The third kappa shape index (κ3) is 2.78. The van der Waals surface area contributed by atoms with Crippen LogP contribution in [0.2, 0.25) is 0 Å². The van der Waals surface area contributed by atoms with E-state index in [1.165, 1.54) is 0 Å². The molecule has 1 aromatic heterocycles. The van der Waals surface area contributed by atoms with Crippen LogP contribution in [0, 0.1) is 0 Å². The molecule has 1 fully saturated rings. The number of rotatable bonds is 3. The van der Waals surface area contributed by atoms with Gasteiger partial charge in [-0.15, -0.1) is 0 Å². The van der Waals surface area contributed by atoms with E-state index >= 15 is 0 Å². The molecule has 88 valence electrons. The summed E-state index contributed by atoms with van der Waals surface area (Å²) in [5.74, 6) is 0. The monoisotopic (exact) mass is 221 g/mol. The lowest BCUT2D eigenvalue weighted by Crippen LogP contribution is -2.50. The molecule has 0 aliphatic carbocycles. The Morgan fingerprint density at radius 2 is 2.44 bits per heavy atom. The van der Waals surface area contributed by atoms with Crippen molar-refractivity contribution in [3.63, 3.8) is 0 Å². The summed E-state index contributed by atoms with van der Waals surface area (Å²) in [6.07, 6.45) is 2.00. The number of ether oxygens (including phenoxy) is 1. The van der Waals surface area contributed by atoms with Gasteiger partial charge in [0.05, 0.1) is 18.4 Å².